The minimum atomic E-state index is -0.224. The quantitative estimate of drug-likeness (QED) is 0.756. The lowest BCUT2D eigenvalue weighted by atomic mass is 10.1. The molecule has 1 nitrogen and oxygen atoms in total. The Morgan fingerprint density at radius 3 is 2.94 bits per heavy atom. The van der Waals surface area contributed by atoms with E-state index in [4.69, 9.17) is 0 Å². The standard InChI is InChI=1S/C13H13BrFNS/c1-3-8(2)12-7-17-13(16-12)10-6-9(14)4-5-11(10)15/h4-8H,3H2,1-2H3. The van der Waals surface area contributed by atoms with E-state index in [2.05, 4.69) is 34.8 Å². The first-order valence-corrected chi connectivity index (χ1v) is 7.20. The summed E-state index contributed by atoms with van der Waals surface area (Å²) >= 11 is 4.85. The Labute approximate surface area is 113 Å². The van der Waals surface area contributed by atoms with Crippen molar-refractivity contribution in [3.63, 3.8) is 0 Å². The topological polar surface area (TPSA) is 12.9 Å². The van der Waals surface area contributed by atoms with Gasteiger partial charge in [0.05, 0.1) is 5.69 Å². The van der Waals surface area contributed by atoms with E-state index in [1.807, 2.05) is 5.38 Å². The van der Waals surface area contributed by atoms with Gasteiger partial charge in [0.1, 0.15) is 10.8 Å². The molecule has 2 rings (SSSR count). The van der Waals surface area contributed by atoms with Gasteiger partial charge < -0.3 is 0 Å². The highest BCUT2D eigenvalue weighted by atomic mass is 79.9. The zero-order chi connectivity index (χ0) is 12.4. The highest BCUT2D eigenvalue weighted by molar-refractivity contribution is 9.10. The number of hydrogen-bond donors (Lipinski definition) is 0. The second-order valence-corrected chi connectivity index (χ2v) is 5.78. The molecule has 0 spiro atoms. The maximum absolute atomic E-state index is 13.7. The number of rotatable bonds is 3. The van der Waals surface area contributed by atoms with Crippen molar-refractivity contribution in [3.05, 3.63) is 39.6 Å². The van der Waals surface area contributed by atoms with E-state index in [-0.39, 0.29) is 5.82 Å². The van der Waals surface area contributed by atoms with Gasteiger partial charge in [-0.25, -0.2) is 9.37 Å². The number of halogens is 2. The van der Waals surface area contributed by atoms with E-state index in [0.717, 1.165) is 21.6 Å². The van der Waals surface area contributed by atoms with E-state index < -0.39 is 0 Å². The Bertz CT molecular complexity index is 524. The number of thiazole rings is 1. The van der Waals surface area contributed by atoms with Gasteiger partial charge in [-0.05, 0) is 30.5 Å². The molecule has 1 unspecified atom stereocenters. The predicted molar refractivity (Wildman–Crippen MR) is 73.9 cm³/mol. The Kier molecular flexibility index (Phi) is 3.94. The lowest BCUT2D eigenvalue weighted by Gasteiger charge is -2.03. The first kappa shape index (κ1) is 12.7. The summed E-state index contributed by atoms with van der Waals surface area (Å²) in [6.45, 7) is 4.26. The molecular formula is C13H13BrFNS. The first-order valence-electron chi connectivity index (χ1n) is 5.52. The molecule has 0 aliphatic heterocycles. The van der Waals surface area contributed by atoms with Crippen LogP contribution in [0.5, 0.6) is 0 Å². The lowest BCUT2D eigenvalue weighted by Crippen LogP contribution is -1.91. The van der Waals surface area contributed by atoms with Crippen molar-refractivity contribution in [1.82, 2.24) is 4.98 Å². The van der Waals surface area contributed by atoms with Crippen LogP contribution in [0.15, 0.2) is 28.1 Å². The van der Waals surface area contributed by atoms with Gasteiger partial charge in [0.15, 0.2) is 0 Å². The summed E-state index contributed by atoms with van der Waals surface area (Å²) in [5.41, 5.74) is 1.62. The Balaban J connectivity index is 2.40. The molecule has 2 aromatic rings. The molecule has 0 aliphatic rings. The number of aromatic nitrogens is 1. The normalized spacial score (nSPS) is 12.7. The van der Waals surface area contributed by atoms with E-state index in [1.165, 1.54) is 17.4 Å². The predicted octanol–water partition coefficient (Wildman–Crippen LogP) is 5.23. The molecule has 0 aliphatic carbocycles. The van der Waals surface area contributed by atoms with Gasteiger partial charge in [-0.1, -0.05) is 29.8 Å². The Morgan fingerprint density at radius 2 is 2.24 bits per heavy atom. The van der Waals surface area contributed by atoms with Crippen molar-refractivity contribution >= 4 is 27.3 Å². The largest absolute Gasteiger partial charge is 0.241 e. The van der Waals surface area contributed by atoms with Gasteiger partial charge in [0.25, 0.3) is 0 Å². The van der Waals surface area contributed by atoms with Crippen LogP contribution in [0.1, 0.15) is 31.9 Å². The third-order valence-electron chi connectivity index (χ3n) is 2.80. The molecule has 0 radical (unpaired) electrons. The SMILES string of the molecule is CCC(C)c1csc(-c2cc(Br)ccc2F)n1. The Hall–Kier alpha value is -0.740. The van der Waals surface area contributed by atoms with Crippen LogP contribution in [0, 0.1) is 5.82 Å². The molecule has 17 heavy (non-hydrogen) atoms. The van der Waals surface area contributed by atoms with Crippen LogP contribution in [0.2, 0.25) is 0 Å². The molecular weight excluding hydrogens is 301 g/mol. The van der Waals surface area contributed by atoms with Gasteiger partial charge in [-0.2, -0.15) is 0 Å². The smallest absolute Gasteiger partial charge is 0.133 e. The van der Waals surface area contributed by atoms with Gasteiger partial charge in [0.2, 0.25) is 0 Å². The van der Waals surface area contributed by atoms with Crippen LogP contribution < -0.4 is 0 Å². The fourth-order valence-corrected chi connectivity index (χ4v) is 2.83. The zero-order valence-corrected chi connectivity index (χ0v) is 12.1. The number of hydrogen-bond acceptors (Lipinski definition) is 2. The maximum Gasteiger partial charge on any atom is 0.133 e. The van der Waals surface area contributed by atoms with Crippen LogP contribution >= 0.6 is 27.3 Å². The second-order valence-electron chi connectivity index (χ2n) is 4.01. The van der Waals surface area contributed by atoms with Crippen molar-refractivity contribution in [3.8, 4) is 10.6 Å². The molecule has 1 aromatic carbocycles. The number of benzene rings is 1. The van der Waals surface area contributed by atoms with Gasteiger partial charge in [-0.15, -0.1) is 11.3 Å². The molecule has 0 amide bonds. The Morgan fingerprint density at radius 1 is 1.47 bits per heavy atom. The summed E-state index contributed by atoms with van der Waals surface area (Å²) in [7, 11) is 0. The van der Waals surface area contributed by atoms with Crippen molar-refractivity contribution in [2.75, 3.05) is 0 Å². The summed E-state index contributed by atoms with van der Waals surface area (Å²) in [5.74, 6) is 0.202. The minimum absolute atomic E-state index is 0.224. The first-order chi connectivity index (χ1) is 8.11. The molecule has 0 N–H and O–H groups in total. The molecule has 0 fully saturated rings. The summed E-state index contributed by atoms with van der Waals surface area (Å²) in [6, 6.07) is 4.93. The third kappa shape index (κ3) is 2.75. The van der Waals surface area contributed by atoms with E-state index >= 15 is 0 Å². The van der Waals surface area contributed by atoms with Crippen LogP contribution in [-0.2, 0) is 0 Å². The van der Waals surface area contributed by atoms with Gasteiger partial charge in [-0.3, -0.25) is 0 Å². The average molecular weight is 314 g/mol. The monoisotopic (exact) mass is 313 g/mol. The summed E-state index contributed by atoms with van der Waals surface area (Å²) in [5, 5.41) is 2.77. The van der Waals surface area contributed by atoms with Crippen LogP contribution in [0.4, 0.5) is 4.39 Å². The highest BCUT2D eigenvalue weighted by Crippen LogP contribution is 2.31. The van der Waals surface area contributed by atoms with Crippen LogP contribution in [0.25, 0.3) is 10.6 Å². The average Bonchev–Trinajstić information content (AvgIpc) is 2.80. The molecule has 90 valence electrons. The van der Waals surface area contributed by atoms with Crippen molar-refractivity contribution < 1.29 is 4.39 Å². The summed E-state index contributed by atoms with van der Waals surface area (Å²) in [4.78, 5) is 4.51. The molecule has 1 atom stereocenters. The van der Waals surface area contributed by atoms with E-state index in [1.54, 1.807) is 12.1 Å². The van der Waals surface area contributed by atoms with Crippen LogP contribution in [-0.4, -0.2) is 4.98 Å². The second kappa shape index (κ2) is 5.27. The van der Waals surface area contributed by atoms with Crippen LogP contribution in [0.3, 0.4) is 0 Å². The summed E-state index contributed by atoms with van der Waals surface area (Å²) in [6.07, 6.45) is 1.05. The fourth-order valence-electron chi connectivity index (χ4n) is 1.51. The van der Waals surface area contributed by atoms with Crippen molar-refractivity contribution in [2.45, 2.75) is 26.2 Å². The molecule has 0 saturated heterocycles. The molecule has 4 heteroatoms. The van der Waals surface area contributed by atoms with Gasteiger partial charge in [0, 0.05) is 15.4 Å². The zero-order valence-electron chi connectivity index (χ0n) is 9.71. The van der Waals surface area contributed by atoms with Crippen molar-refractivity contribution in [1.29, 1.82) is 0 Å². The summed E-state index contributed by atoms with van der Waals surface area (Å²) < 4.78 is 14.6. The van der Waals surface area contributed by atoms with Gasteiger partial charge >= 0.3 is 0 Å². The fraction of sp³-hybridized carbons (Fsp3) is 0.308. The maximum atomic E-state index is 13.7. The molecule has 0 bridgehead atoms. The van der Waals surface area contributed by atoms with E-state index in [9.17, 15) is 4.39 Å². The minimum Gasteiger partial charge on any atom is -0.241 e. The lowest BCUT2D eigenvalue weighted by molar-refractivity contribution is 0.630. The highest BCUT2D eigenvalue weighted by Gasteiger charge is 2.12. The molecule has 1 heterocycles. The third-order valence-corrected chi connectivity index (χ3v) is 4.19. The molecule has 0 saturated carbocycles. The number of nitrogens with zero attached hydrogens (tertiary/aromatic N) is 1. The van der Waals surface area contributed by atoms with Crippen molar-refractivity contribution in [2.24, 2.45) is 0 Å². The van der Waals surface area contributed by atoms with E-state index in [0.29, 0.717) is 11.5 Å². The molecule has 1 aromatic heterocycles.